The van der Waals surface area contributed by atoms with Gasteiger partial charge in [0.15, 0.2) is 12.4 Å². The fourth-order valence-electron chi connectivity index (χ4n) is 2.26. The smallest absolute Gasteiger partial charge is 0.167 e. The molecule has 0 amide bonds. The van der Waals surface area contributed by atoms with Crippen LogP contribution in [0, 0.1) is 0 Å². The molecule has 0 bridgehead atoms. The van der Waals surface area contributed by atoms with E-state index in [1.807, 2.05) is 24.5 Å². The largest absolute Gasteiger partial charge is 0.395 e. The van der Waals surface area contributed by atoms with Gasteiger partial charge in [-0.2, -0.15) is 0 Å². The normalized spacial score (nSPS) is 11.0. The van der Waals surface area contributed by atoms with E-state index in [2.05, 4.69) is 53.2 Å². The zero-order chi connectivity index (χ0) is 14.9. The first kappa shape index (κ1) is 15.3. The van der Waals surface area contributed by atoms with Crippen molar-refractivity contribution in [2.75, 3.05) is 24.6 Å². The van der Waals surface area contributed by atoms with Gasteiger partial charge in [-0.25, -0.2) is 4.98 Å². The maximum absolute atomic E-state index is 9.13. The highest BCUT2D eigenvalue weighted by molar-refractivity contribution is 5.70. The Bertz CT molecular complexity index is 543. The molecule has 3 heteroatoms. The second-order valence-electron chi connectivity index (χ2n) is 4.97. The van der Waals surface area contributed by atoms with Crippen LogP contribution >= 0.6 is 0 Å². The van der Waals surface area contributed by atoms with E-state index in [-0.39, 0.29) is 6.61 Å². The van der Waals surface area contributed by atoms with Crippen LogP contribution in [-0.2, 0) is 0 Å². The van der Waals surface area contributed by atoms with Crippen LogP contribution in [0.1, 0.15) is 24.5 Å². The Balaban J connectivity index is 2.06. The van der Waals surface area contributed by atoms with E-state index < -0.39 is 0 Å². The van der Waals surface area contributed by atoms with Crippen molar-refractivity contribution in [2.45, 2.75) is 13.3 Å². The average Bonchev–Trinajstić information content (AvgIpc) is 2.54. The molecule has 0 aliphatic rings. The molecule has 0 atom stereocenters. The number of aromatic amines is 1. The monoisotopic (exact) mass is 283 g/mol. The second-order valence-corrected chi connectivity index (χ2v) is 4.97. The van der Waals surface area contributed by atoms with Crippen LogP contribution in [0.15, 0.2) is 48.8 Å². The minimum atomic E-state index is 0.187. The molecule has 2 N–H and O–H groups in total. The Morgan fingerprint density at radius 1 is 0.952 bits per heavy atom. The Morgan fingerprint density at radius 3 is 2.14 bits per heavy atom. The number of nitrogens with one attached hydrogen (secondary N) is 1. The molecule has 0 radical (unpaired) electrons. The lowest BCUT2D eigenvalue weighted by molar-refractivity contribution is -0.378. The van der Waals surface area contributed by atoms with Gasteiger partial charge in [0.2, 0.25) is 0 Å². The van der Waals surface area contributed by atoms with Crippen LogP contribution in [0.5, 0.6) is 0 Å². The lowest BCUT2D eigenvalue weighted by atomic mass is 10.1. The minimum absolute atomic E-state index is 0.187. The van der Waals surface area contributed by atoms with Crippen molar-refractivity contribution < 1.29 is 10.1 Å². The summed E-state index contributed by atoms with van der Waals surface area (Å²) >= 11 is 0. The van der Waals surface area contributed by atoms with Crippen molar-refractivity contribution in [3.05, 3.63) is 59.9 Å². The van der Waals surface area contributed by atoms with Crippen molar-refractivity contribution in [1.29, 1.82) is 0 Å². The first-order chi connectivity index (χ1) is 10.3. The molecule has 3 nitrogen and oxygen atoms in total. The molecule has 110 valence electrons. The van der Waals surface area contributed by atoms with Crippen molar-refractivity contribution in [1.82, 2.24) is 0 Å². The first-order valence-corrected chi connectivity index (χ1v) is 7.43. The van der Waals surface area contributed by atoms with E-state index in [0.717, 1.165) is 18.7 Å². The zero-order valence-corrected chi connectivity index (χ0v) is 12.5. The number of aliphatic hydroxyl groups excluding tert-OH is 1. The molecule has 0 aliphatic carbocycles. The number of nitrogens with zero attached hydrogens (tertiary/aromatic N) is 1. The molecular formula is C18H23N2O+. The first-order valence-electron chi connectivity index (χ1n) is 7.43. The van der Waals surface area contributed by atoms with Gasteiger partial charge in [0.25, 0.3) is 0 Å². The van der Waals surface area contributed by atoms with E-state index in [4.69, 9.17) is 5.11 Å². The Hall–Kier alpha value is -2.13. The van der Waals surface area contributed by atoms with Gasteiger partial charge in [0.05, 0.1) is 6.61 Å². The van der Waals surface area contributed by atoms with Gasteiger partial charge in [-0.15, -0.1) is 0 Å². The van der Waals surface area contributed by atoms with Crippen LogP contribution in [0.3, 0.4) is 0 Å². The van der Waals surface area contributed by atoms with Gasteiger partial charge in [-0.3, -0.25) is 0 Å². The molecule has 0 saturated carbocycles. The van der Waals surface area contributed by atoms with Crippen LogP contribution in [0.25, 0.3) is 12.2 Å². The number of hydrogen-bond acceptors (Lipinski definition) is 2. The Labute approximate surface area is 126 Å². The summed E-state index contributed by atoms with van der Waals surface area (Å²) in [7, 11) is 0. The maximum atomic E-state index is 9.13. The van der Waals surface area contributed by atoms with Gasteiger partial charge in [0.1, 0.15) is 0 Å². The van der Waals surface area contributed by atoms with Crippen LogP contribution in [-0.4, -0.2) is 24.8 Å². The molecule has 1 aromatic carbocycles. The second kappa shape index (κ2) is 8.22. The summed E-state index contributed by atoms with van der Waals surface area (Å²) in [5.41, 5.74) is 3.51. The van der Waals surface area contributed by atoms with Crippen LogP contribution < -0.4 is 9.88 Å². The van der Waals surface area contributed by atoms with E-state index in [0.29, 0.717) is 6.54 Å². The highest BCUT2D eigenvalue weighted by atomic mass is 16.3. The average molecular weight is 283 g/mol. The summed E-state index contributed by atoms with van der Waals surface area (Å²) < 4.78 is 0. The molecule has 2 aromatic rings. The van der Waals surface area contributed by atoms with Crippen LogP contribution in [0.2, 0.25) is 0 Å². The van der Waals surface area contributed by atoms with Crippen LogP contribution in [0.4, 0.5) is 5.69 Å². The number of anilines is 1. The molecule has 0 saturated heterocycles. The van der Waals surface area contributed by atoms with Crippen molar-refractivity contribution in [3.63, 3.8) is 0 Å². The number of rotatable bonds is 7. The SMILES string of the molecule is CCCN(CCO)c1ccc(/C=C/c2cc[nH+]cc2)cc1. The third-order valence-electron chi connectivity index (χ3n) is 3.33. The third kappa shape index (κ3) is 4.72. The maximum Gasteiger partial charge on any atom is 0.167 e. The fourth-order valence-corrected chi connectivity index (χ4v) is 2.26. The summed E-state index contributed by atoms with van der Waals surface area (Å²) in [5.74, 6) is 0. The minimum Gasteiger partial charge on any atom is -0.395 e. The van der Waals surface area contributed by atoms with Gasteiger partial charge >= 0.3 is 0 Å². The number of hydrogen-bond donors (Lipinski definition) is 1. The molecule has 0 unspecified atom stereocenters. The number of pyridine rings is 1. The topological polar surface area (TPSA) is 37.6 Å². The lowest BCUT2D eigenvalue weighted by Crippen LogP contribution is -2.27. The standard InChI is InChI=1S/C18H22N2O/c1-2-13-20(14-15-21)18-7-5-16(6-8-18)3-4-17-9-11-19-12-10-17/h3-12,21H,2,13-15H2,1H3/p+1/b4-3+. The summed E-state index contributed by atoms with van der Waals surface area (Å²) in [5, 5.41) is 9.13. The number of aliphatic hydroxyl groups is 1. The fraction of sp³-hybridized carbons (Fsp3) is 0.278. The van der Waals surface area contributed by atoms with Gasteiger partial charge < -0.3 is 10.0 Å². The lowest BCUT2D eigenvalue weighted by Gasteiger charge is -2.23. The summed E-state index contributed by atoms with van der Waals surface area (Å²) in [6.07, 6.45) is 9.11. The summed E-state index contributed by atoms with van der Waals surface area (Å²) in [6, 6.07) is 12.5. The van der Waals surface area contributed by atoms with Gasteiger partial charge in [0, 0.05) is 30.9 Å². The van der Waals surface area contributed by atoms with Gasteiger partial charge in [-0.05, 0) is 29.7 Å². The van der Waals surface area contributed by atoms with Crippen molar-refractivity contribution in [3.8, 4) is 0 Å². The summed E-state index contributed by atoms with van der Waals surface area (Å²) in [6.45, 7) is 3.99. The van der Waals surface area contributed by atoms with Crippen molar-refractivity contribution >= 4 is 17.8 Å². The van der Waals surface area contributed by atoms with E-state index in [9.17, 15) is 0 Å². The number of benzene rings is 1. The van der Waals surface area contributed by atoms with Gasteiger partial charge in [-0.1, -0.05) is 31.2 Å². The Kier molecular flexibility index (Phi) is 5.98. The summed E-state index contributed by atoms with van der Waals surface area (Å²) in [4.78, 5) is 5.22. The molecule has 0 spiro atoms. The highest BCUT2D eigenvalue weighted by Gasteiger charge is 2.03. The predicted octanol–water partition coefficient (Wildman–Crippen LogP) is 2.88. The van der Waals surface area contributed by atoms with Crippen molar-refractivity contribution in [2.24, 2.45) is 0 Å². The zero-order valence-electron chi connectivity index (χ0n) is 12.5. The van der Waals surface area contributed by atoms with E-state index >= 15 is 0 Å². The molecule has 0 fully saturated rings. The highest BCUT2D eigenvalue weighted by Crippen LogP contribution is 2.17. The molecule has 1 heterocycles. The third-order valence-corrected chi connectivity index (χ3v) is 3.33. The molecule has 2 rings (SSSR count). The molecular weight excluding hydrogens is 260 g/mol. The van der Waals surface area contributed by atoms with E-state index in [1.165, 1.54) is 11.1 Å². The molecule has 1 aromatic heterocycles. The number of aromatic nitrogens is 1. The quantitative estimate of drug-likeness (QED) is 0.848. The number of H-pyrrole nitrogens is 1. The Morgan fingerprint density at radius 2 is 1.57 bits per heavy atom. The van der Waals surface area contributed by atoms with E-state index in [1.54, 1.807) is 0 Å². The molecule has 0 aliphatic heterocycles. The molecule has 21 heavy (non-hydrogen) atoms. The predicted molar refractivity (Wildman–Crippen MR) is 88.0 cm³/mol.